The van der Waals surface area contributed by atoms with Crippen LogP contribution in [0.5, 0.6) is 0 Å². The van der Waals surface area contributed by atoms with Crippen molar-refractivity contribution in [1.82, 2.24) is 16.0 Å². The highest BCUT2D eigenvalue weighted by Gasteiger charge is 2.31. The smallest absolute Gasteiger partial charge is 0.328 e. The first-order valence-electron chi connectivity index (χ1n) is 10.6. The standard InChI is InChI=1S/C21H30N6O8/c22-12(6-7-16(23)29)18(31)25-13(8-11-4-2-1-3-5-11)19(32)26-14(9-17(24)30)20(33)27-15(10-28)21(34)35/h1-5,12-15,28H,6-10,22H2,(H2,23,29)(H2,24,30)(H,25,31)(H,26,32)(H,27,33)(H,34,35). The van der Waals surface area contributed by atoms with E-state index in [4.69, 9.17) is 27.4 Å². The van der Waals surface area contributed by atoms with E-state index < -0.39 is 72.7 Å². The minimum absolute atomic E-state index is 0.0275. The Hall–Kier alpha value is -4.04. The van der Waals surface area contributed by atoms with E-state index in [1.165, 1.54) is 0 Å². The van der Waals surface area contributed by atoms with Crippen LogP contribution in [0.2, 0.25) is 0 Å². The zero-order chi connectivity index (χ0) is 26.5. The average Bonchev–Trinajstić information content (AvgIpc) is 2.79. The number of aliphatic hydroxyl groups excluding tert-OH is 1. The van der Waals surface area contributed by atoms with Gasteiger partial charge in [-0.1, -0.05) is 30.3 Å². The summed E-state index contributed by atoms with van der Waals surface area (Å²) in [4.78, 5) is 71.5. The predicted molar refractivity (Wildman–Crippen MR) is 121 cm³/mol. The fourth-order valence-corrected chi connectivity index (χ4v) is 2.91. The van der Waals surface area contributed by atoms with Crippen LogP contribution >= 0.6 is 0 Å². The lowest BCUT2D eigenvalue weighted by Gasteiger charge is -2.24. The van der Waals surface area contributed by atoms with Crippen molar-refractivity contribution in [3.8, 4) is 0 Å². The molecule has 11 N–H and O–H groups in total. The van der Waals surface area contributed by atoms with Crippen molar-refractivity contribution < 1.29 is 39.0 Å². The zero-order valence-corrected chi connectivity index (χ0v) is 18.8. The summed E-state index contributed by atoms with van der Waals surface area (Å²) in [5, 5.41) is 24.8. The first-order chi connectivity index (χ1) is 16.4. The third-order valence-electron chi connectivity index (χ3n) is 4.79. The maximum Gasteiger partial charge on any atom is 0.328 e. The molecule has 4 atom stereocenters. The molecule has 1 rings (SSSR count). The summed E-state index contributed by atoms with van der Waals surface area (Å²) in [5.41, 5.74) is 16.6. The van der Waals surface area contributed by atoms with Crippen molar-refractivity contribution >= 4 is 35.5 Å². The van der Waals surface area contributed by atoms with Gasteiger partial charge in [0, 0.05) is 12.8 Å². The van der Waals surface area contributed by atoms with Crippen molar-refractivity contribution in [2.24, 2.45) is 17.2 Å². The first-order valence-corrected chi connectivity index (χ1v) is 10.6. The molecule has 0 heterocycles. The Morgan fingerprint density at radius 3 is 1.86 bits per heavy atom. The minimum atomic E-state index is -1.68. The van der Waals surface area contributed by atoms with Gasteiger partial charge in [0.2, 0.25) is 29.5 Å². The minimum Gasteiger partial charge on any atom is -0.480 e. The highest BCUT2D eigenvalue weighted by atomic mass is 16.4. The number of benzene rings is 1. The largest absolute Gasteiger partial charge is 0.480 e. The second-order valence-corrected chi connectivity index (χ2v) is 7.68. The van der Waals surface area contributed by atoms with Gasteiger partial charge in [-0.2, -0.15) is 0 Å². The van der Waals surface area contributed by atoms with Crippen LogP contribution in [0.1, 0.15) is 24.8 Å². The summed E-state index contributed by atoms with van der Waals surface area (Å²) in [7, 11) is 0. The van der Waals surface area contributed by atoms with Crippen LogP contribution in [0.3, 0.4) is 0 Å². The molecular weight excluding hydrogens is 464 g/mol. The molecule has 0 saturated heterocycles. The van der Waals surface area contributed by atoms with Crippen molar-refractivity contribution in [1.29, 1.82) is 0 Å². The quantitative estimate of drug-likeness (QED) is 0.119. The van der Waals surface area contributed by atoms with E-state index in [1.807, 2.05) is 5.32 Å². The Morgan fingerprint density at radius 1 is 0.800 bits per heavy atom. The lowest BCUT2D eigenvalue weighted by atomic mass is 10.0. The van der Waals surface area contributed by atoms with E-state index in [9.17, 15) is 28.8 Å². The van der Waals surface area contributed by atoms with Gasteiger partial charge in [-0.3, -0.25) is 24.0 Å². The molecule has 0 spiro atoms. The number of rotatable bonds is 15. The van der Waals surface area contributed by atoms with E-state index in [0.29, 0.717) is 5.56 Å². The number of carboxylic acids is 1. The van der Waals surface area contributed by atoms with Crippen LogP contribution in [-0.2, 0) is 35.2 Å². The molecule has 0 aromatic heterocycles. The zero-order valence-electron chi connectivity index (χ0n) is 18.8. The highest BCUT2D eigenvalue weighted by Crippen LogP contribution is 2.06. The molecule has 1 aromatic carbocycles. The molecule has 14 heteroatoms. The fourth-order valence-electron chi connectivity index (χ4n) is 2.91. The summed E-state index contributed by atoms with van der Waals surface area (Å²) in [6.07, 6.45) is -0.925. The van der Waals surface area contributed by atoms with Crippen molar-refractivity contribution in [2.75, 3.05) is 6.61 Å². The maximum atomic E-state index is 13.0. The number of hydrogen-bond donors (Lipinski definition) is 8. The van der Waals surface area contributed by atoms with E-state index in [-0.39, 0.29) is 19.3 Å². The SMILES string of the molecule is NC(=O)CCC(N)C(=O)NC(Cc1ccccc1)C(=O)NC(CC(N)=O)C(=O)NC(CO)C(=O)O. The van der Waals surface area contributed by atoms with Crippen LogP contribution in [0.15, 0.2) is 30.3 Å². The third kappa shape index (κ3) is 10.6. The molecule has 1 aromatic rings. The summed E-state index contributed by atoms with van der Waals surface area (Å²) < 4.78 is 0. The average molecular weight is 495 g/mol. The number of hydrogen-bond acceptors (Lipinski definition) is 8. The number of aliphatic hydroxyl groups is 1. The summed E-state index contributed by atoms with van der Waals surface area (Å²) in [5.74, 6) is -5.90. The number of primary amides is 2. The second kappa shape index (κ2) is 14.3. The topological polar surface area (TPSA) is 257 Å². The van der Waals surface area contributed by atoms with Gasteiger partial charge in [0.1, 0.15) is 18.1 Å². The molecular formula is C21H30N6O8. The third-order valence-corrected chi connectivity index (χ3v) is 4.79. The number of amides is 5. The van der Waals surface area contributed by atoms with Crippen LogP contribution in [0.4, 0.5) is 0 Å². The molecule has 192 valence electrons. The monoisotopic (exact) mass is 494 g/mol. The van der Waals surface area contributed by atoms with Crippen LogP contribution in [-0.4, -0.2) is 76.5 Å². The Balaban J connectivity index is 3.07. The number of nitrogens with one attached hydrogen (secondary N) is 3. The van der Waals surface area contributed by atoms with E-state index in [1.54, 1.807) is 30.3 Å². The Morgan fingerprint density at radius 2 is 1.34 bits per heavy atom. The van der Waals surface area contributed by atoms with Gasteiger partial charge in [-0.05, 0) is 12.0 Å². The molecule has 0 aliphatic heterocycles. The normalized spacial score (nSPS) is 14.0. The molecule has 0 saturated carbocycles. The lowest BCUT2D eigenvalue weighted by molar-refractivity contribution is -0.143. The summed E-state index contributed by atoms with van der Waals surface area (Å²) in [6.45, 7) is -0.936. The molecule has 5 amide bonds. The molecule has 0 aliphatic rings. The fraction of sp³-hybridized carbons (Fsp3) is 0.429. The highest BCUT2D eigenvalue weighted by molar-refractivity contribution is 5.96. The Bertz CT molecular complexity index is 926. The van der Waals surface area contributed by atoms with E-state index in [0.717, 1.165) is 0 Å². The second-order valence-electron chi connectivity index (χ2n) is 7.68. The van der Waals surface area contributed by atoms with Crippen LogP contribution in [0.25, 0.3) is 0 Å². The van der Waals surface area contributed by atoms with E-state index in [2.05, 4.69) is 10.6 Å². The molecule has 0 bridgehead atoms. The van der Waals surface area contributed by atoms with E-state index >= 15 is 0 Å². The molecule has 0 aliphatic carbocycles. The summed E-state index contributed by atoms with van der Waals surface area (Å²) >= 11 is 0. The predicted octanol–water partition coefficient (Wildman–Crippen LogP) is -3.77. The first kappa shape index (κ1) is 29.0. The molecule has 0 radical (unpaired) electrons. The Kier molecular flexibility index (Phi) is 11.8. The van der Waals surface area contributed by atoms with Gasteiger partial charge in [0.15, 0.2) is 0 Å². The van der Waals surface area contributed by atoms with Crippen LogP contribution in [0, 0.1) is 0 Å². The number of carboxylic acid groups (broad SMARTS) is 1. The maximum absolute atomic E-state index is 13.0. The van der Waals surface area contributed by atoms with Crippen LogP contribution < -0.4 is 33.2 Å². The van der Waals surface area contributed by atoms with Gasteiger partial charge < -0.3 is 43.4 Å². The molecule has 0 fully saturated rings. The van der Waals surface area contributed by atoms with Gasteiger partial charge in [0.05, 0.1) is 19.1 Å². The number of aliphatic carboxylic acids is 1. The number of nitrogens with two attached hydrogens (primary N) is 3. The van der Waals surface area contributed by atoms with Crippen molar-refractivity contribution in [3.05, 3.63) is 35.9 Å². The molecule has 4 unspecified atom stereocenters. The lowest BCUT2D eigenvalue weighted by Crippen LogP contribution is -2.58. The summed E-state index contributed by atoms with van der Waals surface area (Å²) in [6, 6.07) is 2.83. The van der Waals surface area contributed by atoms with Gasteiger partial charge in [0.25, 0.3) is 0 Å². The molecule has 14 nitrogen and oxygen atoms in total. The van der Waals surface area contributed by atoms with Crippen molar-refractivity contribution in [2.45, 2.75) is 49.9 Å². The number of carbonyl (C=O) groups is 6. The van der Waals surface area contributed by atoms with Gasteiger partial charge in [-0.25, -0.2) is 4.79 Å². The van der Waals surface area contributed by atoms with Gasteiger partial charge in [-0.15, -0.1) is 0 Å². The molecule has 35 heavy (non-hydrogen) atoms. The van der Waals surface area contributed by atoms with Crippen molar-refractivity contribution in [3.63, 3.8) is 0 Å². The van der Waals surface area contributed by atoms with Gasteiger partial charge >= 0.3 is 5.97 Å². The Labute approximate surface area is 200 Å². The number of carbonyl (C=O) groups excluding carboxylic acids is 5.